The van der Waals surface area contributed by atoms with E-state index in [9.17, 15) is 14.4 Å². The highest BCUT2D eigenvalue weighted by Gasteiger charge is 2.37. The molecule has 4 amide bonds. The highest BCUT2D eigenvalue weighted by atomic mass is 16.5. The summed E-state index contributed by atoms with van der Waals surface area (Å²) in [5, 5.41) is 5.50. The zero-order chi connectivity index (χ0) is 20.6. The molecule has 1 aliphatic heterocycles. The third-order valence-electron chi connectivity index (χ3n) is 4.88. The molecule has 1 atom stereocenters. The Balaban J connectivity index is 1.42. The van der Waals surface area contributed by atoms with Crippen molar-refractivity contribution in [3.05, 3.63) is 65.7 Å². The van der Waals surface area contributed by atoms with Gasteiger partial charge < -0.3 is 15.4 Å². The fraction of sp³-hybridized carbons (Fsp3) is 0.318. The third kappa shape index (κ3) is 5.57. The number of ether oxygens (including phenoxy) is 1. The molecule has 1 fully saturated rings. The van der Waals surface area contributed by atoms with Crippen molar-refractivity contribution in [3.8, 4) is 5.75 Å². The van der Waals surface area contributed by atoms with Gasteiger partial charge in [0.05, 0.1) is 7.11 Å². The standard InChI is InChI=1S/C22H25N3O4/c1-29-18-9-7-17(8-10-18)15-23-20(26)12-11-19-21(27)25(22(28)24-19)14-13-16-5-3-2-4-6-16/h2-10,19H,11-15H2,1H3,(H,23,26)(H,24,28)/t19-/m1/s1. The fourth-order valence-corrected chi connectivity index (χ4v) is 3.18. The summed E-state index contributed by atoms with van der Waals surface area (Å²) in [6, 6.07) is 16.1. The predicted molar refractivity (Wildman–Crippen MR) is 108 cm³/mol. The van der Waals surface area contributed by atoms with Crippen molar-refractivity contribution in [1.82, 2.24) is 15.5 Å². The van der Waals surface area contributed by atoms with Crippen LogP contribution >= 0.6 is 0 Å². The monoisotopic (exact) mass is 395 g/mol. The summed E-state index contributed by atoms with van der Waals surface area (Å²) in [5.74, 6) is 0.326. The topological polar surface area (TPSA) is 87.7 Å². The van der Waals surface area contributed by atoms with Crippen molar-refractivity contribution in [2.45, 2.75) is 31.8 Å². The second-order valence-corrected chi connectivity index (χ2v) is 6.89. The van der Waals surface area contributed by atoms with Crippen LogP contribution in [0.1, 0.15) is 24.0 Å². The van der Waals surface area contributed by atoms with Gasteiger partial charge in [-0.05, 0) is 36.1 Å². The van der Waals surface area contributed by atoms with E-state index < -0.39 is 12.1 Å². The zero-order valence-corrected chi connectivity index (χ0v) is 16.4. The summed E-state index contributed by atoms with van der Waals surface area (Å²) >= 11 is 0. The molecular formula is C22H25N3O4. The Morgan fingerprint density at radius 2 is 1.79 bits per heavy atom. The minimum absolute atomic E-state index is 0.161. The first-order valence-corrected chi connectivity index (χ1v) is 9.62. The lowest BCUT2D eigenvalue weighted by Gasteiger charge is -2.13. The number of amides is 4. The van der Waals surface area contributed by atoms with Crippen LogP contribution in [0, 0.1) is 0 Å². The summed E-state index contributed by atoms with van der Waals surface area (Å²) in [5.41, 5.74) is 2.02. The van der Waals surface area contributed by atoms with Crippen LogP contribution in [0.25, 0.3) is 0 Å². The maximum atomic E-state index is 12.5. The summed E-state index contributed by atoms with van der Waals surface area (Å²) < 4.78 is 5.10. The molecule has 7 nitrogen and oxygen atoms in total. The van der Waals surface area contributed by atoms with Crippen LogP contribution in [0.3, 0.4) is 0 Å². The molecular weight excluding hydrogens is 370 g/mol. The van der Waals surface area contributed by atoms with Gasteiger partial charge in [0.25, 0.3) is 5.91 Å². The van der Waals surface area contributed by atoms with Gasteiger partial charge in [0.2, 0.25) is 5.91 Å². The van der Waals surface area contributed by atoms with Crippen LogP contribution in [-0.4, -0.2) is 42.4 Å². The molecule has 2 aromatic rings. The van der Waals surface area contributed by atoms with Gasteiger partial charge in [0, 0.05) is 19.5 Å². The van der Waals surface area contributed by atoms with Crippen LogP contribution in [0.15, 0.2) is 54.6 Å². The van der Waals surface area contributed by atoms with Crippen LogP contribution in [0.4, 0.5) is 4.79 Å². The van der Waals surface area contributed by atoms with Crippen LogP contribution in [0.2, 0.25) is 0 Å². The number of hydrogen-bond donors (Lipinski definition) is 2. The molecule has 152 valence electrons. The second kappa shape index (κ2) is 9.73. The van der Waals surface area contributed by atoms with Gasteiger partial charge in [-0.3, -0.25) is 14.5 Å². The largest absolute Gasteiger partial charge is 0.497 e. The number of methoxy groups -OCH3 is 1. The quantitative estimate of drug-likeness (QED) is 0.638. The van der Waals surface area contributed by atoms with E-state index in [1.807, 2.05) is 54.6 Å². The van der Waals surface area contributed by atoms with Gasteiger partial charge >= 0.3 is 6.03 Å². The van der Waals surface area contributed by atoms with E-state index in [0.717, 1.165) is 16.9 Å². The number of carbonyl (C=O) groups excluding carboxylic acids is 3. The van der Waals surface area contributed by atoms with E-state index in [2.05, 4.69) is 10.6 Å². The van der Waals surface area contributed by atoms with Gasteiger partial charge in [-0.25, -0.2) is 4.79 Å². The summed E-state index contributed by atoms with van der Waals surface area (Å²) in [4.78, 5) is 37.9. The number of benzene rings is 2. The smallest absolute Gasteiger partial charge is 0.324 e. The molecule has 1 saturated heterocycles. The van der Waals surface area contributed by atoms with Crippen LogP contribution in [0.5, 0.6) is 5.75 Å². The van der Waals surface area contributed by atoms with Crippen molar-refractivity contribution in [2.75, 3.05) is 13.7 Å². The molecule has 2 N–H and O–H groups in total. The third-order valence-corrected chi connectivity index (χ3v) is 4.88. The Morgan fingerprint density at radius 1 is 1.07 bits per heavy atom. The molecule has 7 heteroatoms. The Morgan fingerprint density at radius 3 is 2.48 bits per heavy atom. The van der Waals surface area contributed by atoms with Crippen molar-refractivity contribution in [3.63, 3.8) is 0 Å². The van der Waals surface area contributed by atoms with Gasteiger partial charge in [0.1, 0.15) is 11.8 Å². The molecule has 0 unspecified atom stereocenters. The average molecular weight is 395 g/mol. The molecule has 0 radical (unpaired) electrons. The van der Waals surface area contributed by atoms with E-state index in [0.29, 0.717) is 19.5 Å². The molecule has 0 aromatic heterocycles. The summed E-state index contributed by atoms with van der Waals surface area (Å²) in [6.45, 7) is 0.728. The number of imide groups is 1. The van der Waals surface area contributed by atoms with E-state index in [-0.39, 0.29) is 24.7 Å². The molecule has 29 heavy (non-hydrogen) atoms. The van der Waals surface area contributed by atoms with Crippen molar-refractivity contribution in [1.29, 1.82) is 0 Å². The minimum Gasteiger partial charge on any atom is -0.497 e. The first-order valence-electron chi connectivity index (χ1n) is 9.62. The number of hydrogen-bond acceptors (Lipinski definition) is 4. The second-order valence-electron chi connectivity index (χ2n) is 6.89. The first-order chi connectivity index (χ1) is 14.1. The zero-order valence-electron chi connectivity index (χ0n) is 16.4. The molecule has 0 spiro atoms. The van der Waals surface area contributed by atoms with Crippen molar-refractivity contribution < 1.29 is 19.1 Å². The Bertz CT molecular complexity index is 852. The summed E-state index contributed by atoms with van der Waals surface area (Å²) in [6.07, 6.45) is 1.05. The highest BCUT2D eigenvalue weighted by molar-refractivity contribution is 6.04. The van der Waals surface area contributed by atoms with E-state index in [4.69, 9.17) is 4.74 Å². The van der Waals surface area contributed by atoms with Gasteiger partial charge in [0.15, 0.2) is 0 Å². The highest BCUT2D eigenvalue weighted by Crippen LogP contribution is 2.14. The molecule has 3 rings (SSSR count). The molecule has 2 aromatic carbocycles. The van der Waals surface area contributed by atoms with Crippen molar-refractivity contribution >= 4 is 17.8 Å². The van der Waals surface area contributed by atoms with E-state index in [1.165, 1.54) is 4.90 Å². The van der Waals surface area contributed by atoms with Gasteiger partial charge in [-0.15, -0.1) is 0 Å². The summed E-state index contributed by atoms with van der Waals surface area (Å²) in [7, 11) is 1.60. The van der Waals surface area contributed by atoms with Crippen LogP contribution in [-0.2, 0) is 22.6 Å². The van der Waals surface area contributed by atoms with Gasteiger partial charge in [-0.2, -0.15) is 0 Å². The lowest BCUT2D eigenvalue weighted by molar-refractivity contribution is -0.127. The molecule has 1 aliphatic rings. The number of carbonyl (C=O) groups is 3. The average Bonchev–Trinajstić information content (AvgIpc) is 3.03. The van der Waals surface area contributed by atoms with Crippen LogP contribution < -0.4 is 15.4 Å². The lowest BCUT2D eigenvalue weighted by Crippen LogP contribution is -2.33. The van der Waals surface area contributed by atoms with Crippen molar-refractivity contribution in [2.24, 2.45) is 0 Å². The van der Waals surface area contributed by atoms with E-state index >= 15 is 0 Å². The minimum atomic E-state index is -0.648. The molecule has 1 heterocycles. The Labute approximate surface area is 170 Å². The first kappa shape index (κ1) is 20.4. The SMILES string of the molecule is COc1ccc(CNC(=O)CC[C@H]2NC(=O)N(CCc3ccccc3)C2=O)cc1. The molecule has 0 saturated carbocycles. The van der Waals surface area contributed by atoms with Gasteiger partial charge in [-0.1, -0.05) is 42.5 Å². The lowest BCUT2D eigenvalue weighted by atomic mass is 10.1. The maximum absolute atomic E-state index is 12.5. The predicted octanol–water partition coefficient (Wildman–Crippen LogP) is 2.25. The number of rotatable bonds is 9. The molecule has 0 aliphatic carbocycles. The maximum Gasteiger partial charge on any atom is 0.324 e. The van der Waals surface area contributed by atoms with E-state index in [1.54, 1.807) is 7.11 Å². The fourth-order valence-electron chi connectivity index (χ4n) is 3.18. The number of nitrogens with one attached hydrogen (secondary N) is 2. The Kier molecular flexibility index (Phi) is 6.84. The number of urea groups is 1. The Hall–Kier alpha value is -3.35. The number of nitrogens with zero attached hydrogens (tertiary/aromatic N) is 1. The molecule has 0 bridgehead atoms. The normalized spacial score (nSPS) is 15.9.